The van der Waals surface area contributed by atoms with Crippen molar-refractivity contribution in [3.63, 3.8) is 0 Å². The standard InChI is InChI=1S/C19H23N.C2H6/c1-13(2)15-7-8-17-12-16-6-4-14(3)5-10-18(16)20-19(17)11-9-15;1-2/h4-6,8,10-15H,7,9H2,1-3H3;1-2H3. The maximum atomic E-state index is 4.88. The Hall–Kier alpha value is -1.63. The van der Waals surface area contributed by atoms with Crippen molar-refractivity contribution in [1.29, 1.82) is 0 Å². The first-order valence-corrected chi connectivity index (χ1v) is 8.71. The molecule has 1 nitrogen and oxygen atoms in total. The van der Waals surface area contributed by atoms with Crippen molar-refractivity contribution < 1.29 is 0 Å². The molecule has 1 heterocycles. The summed E-state index contributed by atoms with van der Waals surface area (Å²) in [5, 5.41) is 2.47. The normalized spacial score (nSPS) is 22.3. The van der Waals surface area contributed by atoms with E-state index in [2.05, 4.69) is 63.3 Å². The summed E-state index contributed by atoms with van der Waals surface area (Å²) in [5.74, 6) is 1.97. The summed E-state index contributed by atoms with van der Waals surface area (Å²) < 4.78 is 0. The van der Waals surface area contributed by atoms with Gasteiger partial charge in [0.05, 0.1) is 11.0 Å². The van der Waals surface area contributed by atoms with Crippen molar-refractivity contribution in [1.82, 2.24) is 4.98 Å². The summed E-state index contributed by atoms with van der Waals surface area (Å²) in [4.78, 5) is 4.88. The van der Waals surface area contributed by atoms with E-state index in [1.54, 1.807) is 0 Å². The van der Waals surface area contributed by atoms with Crippen LogP contribution in [-0.2, 0) is 0 Å². The minimum absolute atomic E-state index is 0.488. The van der Waals surface area contributed by atoms with Crippen LogP contribution in [0.3, 0.4) is 0 Å². The van der Waals surface area contributed by atoms with Crippen molar-refractivity contribution in [3.05, 3.63) is 40.0 Å². The fourth-order valence-corrected chi connectivity index (χ4v) is 2.91. The third-order valence-corrected chi connectivity index (χ3v) is 4.48. The molecule has 22 heavy (non-hydrogen) atoms. The van der Waals surface area contributed by atoms with Crippen molar-refractivity contribution in [3.8, 4) is 0 Å². The van der Waals surface area contributed by atoms with E-state index in [1.807, 2.05) is 13.8 Å². The van der Waals surface area contributed by atoms with E-state index in [0.717, 1.165) is 30.4 Å². The van der Waals surface area contributed by atoms with Crippen LogP contribution in [0.5, 0.6) is 0 Å². The van der Waals surface area contributed by atoms with E-state index in [1.165, 1.54) is 16.1 Å². The molecule has 0 aromatic carbocycles. The summed E-state index contributed by atoms with van der Waals surface area (Å²) in [6.07, 6.45) is 15.9. The molecule has 2 aliphatic rings. The molecule has 0 radical (unpaired) electrons. The second-order valence-electron chi connectivity index (χ2n) is 6.40. The lowest BCUT2D eigenvalue weighted by atomic mass is 9.90. The number of aromatic nitrogens is 1. The molecule has 118 valence electrons. The Labute approximate surface area is 135 Å². The first kappa shape index (κ1) is 16.7. The molecule has 2 atom stereocenters. The second-order valence-corrected chi connectivity index (χ2v) is 6.40. The lowest BCUT2D eigenvalue weighted by Crippen LogP contribution is -2.28. The summed E-state index contributed by atoms with van der Waals surface area (Å²) in [5.41, 5.74) is 2.36. The highest BCUT2D eigenvalue weighted by Crippen LogP contribution is 2.21. The molecular formula is C21H29N. The van der Waals surface area contributed by atoms with E-state index in [9.17, 15) is 0 Å². The van der Waals surface area contributed by atoms with Crippen LogP contribution in [0, 0.1) is 17.8 Å². The molecule has 0 amide bonds. The van der Waals surface area contributed by atoms with Gasteiger partial charge in [0.2, 0.25) is 0 Å². The zero-order valence-corrected chi connectivity index (χ0v) is 14.6. The maximum absolute atomic E-state index is 4.88. The van der Waals surface area contributed by atoms with Gasteiger partial charge in [0.1, 0.15) is 0 Å². The highest BCUT2D eigenvalue weighted by Gasteiger charge is 2.13. The Morgan fingerprint density at radius 2 is 1.73 bits per heavy atom. The quantitative estimate of drug-likeness (QED) is 0.748. The molecule has 3 rings (SSSR count). The number of hydrogen-bond acceptors (Lipinski definition) is 1. The average Bonchev–Trinajstić information content (AvgIpc) is 2.84. The highest BCUT2D eigenvalue weighted by molar-refractivity contribution is 5.65. The third-order valence-electron chi connectivity index (χ3n) is 4.48. The minimum atomic E-state index is 0.488. The second kappa shape index (κ2) is 7.58. The van der Waals surface area contributed by atoms with Gasteiger partial charge in [0.25, 0.3) is 0 Å². The molecule has 2 unspecified atom stereocenters. The van der Waals surface area contributed by atoms with E-state index >= 15 is 0 Å². The highest BCUT2D eigenvalue weighted by atomic mass is 14.7. The Morgan fingerprint density at radius 1 is 1.05 bits per heavy atom. The Balaban J connectivity index is 0.000000847. The van der Waals surface area contributed by atoms with Gasteiger partial charge >= 0.3 is 0 Å². The van der Waals surface area contributed by atoms with Gasteiger partial charge < -0.3 is 0 Å². The van der Waals surface area contributed by atoms with E-state index < -0.39 is 0 Å². The topological polar surface area (TPSA) is 12.9 Å². The van der Waals surface area contributed by atoms with Gasteiger partial charge in [-0.25, -0.2) is 4.98 Å². The molecule has 0 aliphatic heterocycles. The molecule has 2 aliphatic carbocycles. The molecule has 1 heteroatoms. The number of pyridine rings is 1. The van der Waals surface area contributed by atoms with Crippen LogP contribution in [0.1, 0.15) is 58.7 Å². The summed E-state index contributed by atoms with van der Waals surface area (Å²) in [6, 6.07) is 2.30. The Bertz CT molecular complexity index is 622. The van der Waals surface area contributed by atoms with Crippen LogP contribution < -0.4 is 10.6 Å². The van der Waals surface area contributed by atoms with E-state index in [-0.39, 0.29) is 0 Å². The predicted octanol–water partition coefficient (Wildman–Crippen LogP) is 4.41. The van der Waals surface area contributed by atoms with Crippen molar-refractivity contribution in [2.24, 2.45) is 17.8 Å². The lowest BCUT2D eigenvalue weighted by molar-refractivity contribution is 0.408. The molecule has 0 bridgehead atoms. The monoisotopic (exact) mass is 295 g/mol. The molecule has 1 aromatic heterocycles. The van der Waals surface area contributed by atoms with Gasteiger partial charge in [-0.1, -0.05) is 65.0 Å². The largest absolute Gasteiger partial charge is 0.248 e. The number of fused-ring (bicyclic) bond motifs is 2. The Kier molecular flexibility index (Phi) is 5.76. The van der Waals surface area contributed by atoms with Crippen LogP contribution >= 0.6 is 0 Å². The Morgan fingerprint density at radius 3 is 2.45 bits per heavy atom. The van der Waals surface area contributed by atoms with Crippen LogP contribution in [-0.4, -0.2) is 4.98 Å². The molecule has 0 N–H and O–H groups in total. The smallest absolute Gasteiger partial charge is 0.0706 e. The van der Waals surface area contributed by atoms with Crippen molar-refractivity contribution >= 4 is 24.3 Å². The predicted molar refractivity (Wildman–Crippen MR) is 98.6 cm³/mol. The SMILES string of the molecule is CC.CC1C=Cc2cc3c(nc2C=C1)=CCC(C(C)C)CC=3. The van der Waals surface area contributed by atoms with Crippen LogP contribution in [0.15, 0.2) is 18.2 Å². The maximum Gasteiger partial charge on any atom is 0.0706 e. The number of rotatable bonds is 1. The zero-order valence-electron chi connectivity index (χ0n) is 14.6. The van der Waals surface area contributed by atoms with Crippen LogP contribution in [0.25, 0.3) is 24.3 Å². The van der Waals surface area contributed by atoms with E-state index in [4.69, 9.17) is 4.98 Å². The molecule has 1 aromatic rings. The van der Waals surface area contributed by atoms with E-state index in [0.29, 0.717) is 5.92 Å². The van der Waals surface area contributed by atoms with Crippen LogP contribution in [0.4, 0.5) is 0 Å². The van der Waals surface area contributed by atoms with Gasteiger partial charge in [0.15, 0.2) is 0 Å². The number of hydrogen-bond donors (Lipinski definition) is 0. The lowest BCUT2D eigenvalue weighted by Gasteiger charge is -2.15. The average molecular weight is 295 g/mol. The fourth-order valence-electron chi connectivity index (χ4n) is 2.91. The van der Waals surface area contributed by atoms with Crippen molar-refractivity contribution in [2.75, 3.05) is 0 Å². The number of nitrogens with zero attached hydrogens (tertiary/aromatic N) is 1. The summed E-state index contributed by atoms with van der Waals surface area (Å²) >= 11 is 0. The van der Waals surface area contributed by atoms with Gasteiger partial charge in [-0.3, -0.25) is 0 Å². The first-order chi connectivity index (χ1) is 10.6. The van der Waals surface area contributed by atoms with Gasteiger partial charge in [0, 0.05) is 5.56 Å². The molecule has 0 saturated heterocycles. The molecule has 0 spiro atoms. The molecule has 0 saturated carbocycles. The number of allylic oxidation sites excluding steroid dienone is 2. The molecular weight excluding hydrogens is 266 g/mol. The molecule has 0 fully saturated rings. The minimum Gasteiger partial charge on any atom is -0.248 e. The zero-order chi connectivity index (χ0) is 16.1. The summed E-state index contributed by atoms with van der Waals surface area (Å²) in [7, 11) is 0. The van der Waals surface area contributed by atoms with Crippen molar-refractivity contribution in [2.45, 2.75) is 47.5 Å². The third kappa shape index (κ3) is 3.76. The fraction of sp³-hybridized carbons (Fsp3) is 0.476. The van der Waals surface area contributed by atoms with Gasteiger partial charge in [-0.15, -0.1) is 0 Å². The summed E-state index contributed by atoms with van der Waals surface area (Å²) in [6.45, 7) is 10.8. The van der Waals surface area contributed by atoms with Crippen LogP contribution in [0.2, 0.25) is 0 Å². The van der Waals surface area contributed by atoms with Gasteiger partial charge in [-0.2, -0.15) is 0 Å². The van der Waals surface area contributed by atoms with Gasteiger partial charge in [-0.05, 0) is 48.0 Å². The first-order valence-electron chi connectivity index (χ1n) is 8.71.